The number of hydrogen-bond donors (Lipinski definition) is 0. The van der Waals surface area contributed by atoms with Gasteiger partial charge in [-0.15, -0.1) is 0 Å². The van der Waals surface area contributed by atoms with Crippen LogP contribution in [0.2, 0.25) is 0 Å². The SMILES string of the molecule is CCCCCCCCCC=CC1=C(c2cc(CCCC)c(CCCC)c(CCCC)c2)[N+](=[N-])C(c2cc(CCCC)c(CCCC)c(CCCC)c2)=C1. The van der Waals surface area contributed by atoms with Gasteiger partial charge in [0, 0.05) is 17.2 Å². The summed E-state index contributed by atoms with van der Waals surface area (Å²) in [6, 6.07) is 9.81. The van der Waals surface area contributed by atoms with E-state index < -0.39 is 0 Å². The Balaban J connectivity index is 2.15. The van der Waals surface area contributed by atoms with Crippen LogP contribution in [-0.4, -0.2) is 4.70 Å². The smallest absolute Gasteiger partial charge is 0.214 e. The molecule has 0 saturated carbocycles. The first kappa shape index (κ1) is 44.7. The first-order valence-corrected chi connectivity index (χ1v) is 22.9. The van der Waals surface area contributed by atoms with E-state index in [9.17, 15) is 5.53 Å². The van der Waals surface area contributed by atoms with E-state index in [2.05, 4.69) is 91.0 Å². The van der Waals surface area contributed by atoms with Crippen molar-refractivity contribution in [3.8, 4) is 0 Å². The van der Waals surface area contributed by atoms with Crippen molar-refractivity contribution in [2.24, 2.45) is 0 Å². The van der Waals surface area contributed by atoms with Crippen LogP contribution in [0, 0.1) is 0 Å². The molecule has 0 aromatic heterocycles. The molecule has 2 aromatic carbocycles. The Labute approximate surface area is 328 Å². The molecule has 1 heterocycles. The molecule has 294 valence electrons. The summed E-state index contributed by atoms with van der Waals surface area (Å²) in [7, 11) is 0. The number of allylic oxidation sites excluding steroid dienone is 4. The number of nitrogens with zero attached hydrogens (tertiary/aromatic N) is 2. The Morgan fingerprint density at radius 3 is 1.26 bits per heavy atom. The maximum atomic E-state index is 12.4. The van der Waals surface area contributed by atoms with E-state index in [1.54, 1.807) is 15.8 Å². The molecule has 2 heteroatoms. The van der Waals surface area contributed by atoms with E-state index in [1.807, 2.05) is 0 Å². The molecule has 53 heavy (non-hydrogen) atoms. The Morgan fingerprint density at radius 2 is 0.830 bits per heavy atom. The molecular weight excluding hydrogens is 641 g/mol. The lowest BCUT2D eigenvalue weighted by Crippen LogP contribution is -2.09. The van der Waals surface area contributed by atoms with Crippen molar-refractivity contribution in [2.75, 3.05) is 0 Å². The molecular formula is C51H80N2. The Hall–Kier alpha value is -2.74. The molecule has 0 atom stereocenters. The van der Waals surface area contributed by atoms with Crippen molar-refractivity contribution >= 4 is 11.4 Å². The molecule has 0 N–H and O–H groups in total. The van der Waals surface area contributed by atoms with Gasteiger partial charge in [-0.25, -0.2) is 4.70 Å². The van der Waals surface area contributed by atoms with Gasteiger partial charge in [0.15, 0.2) is 0 Å². The standard InChI is InChI=1S/C51H80N2/c1-8-15-22-23-24-25-26-27-28-33-45-40-50(46-36-41(29-16-9-2)48(34-20-13-6)42(37-46)30-17-10-3)53(52)51(45)47-38-43(31-18-11-4)49(35-21-14-7)44(39-47)32-19-12-5/h28,33,36-40H,8-27,29-32,34-35H2,1-7H3. The van der Waals surface area contributed by atoms with Gasteiger partial charge in [-0.2, -0.15) is 0 Å². The van der Waals surface area contributed by atoms with Crippen LogP contribution in [0.1, 0.15) is 221 Å². The van der Waals surface area contributed by atoms with Gasteiger partial charge < -0.3 is 5.53 Å². The van der Waals surface area contributed by atoms with Gasteiger partial charge >= 0.3 is 0 Å². The fourth-order valence-corrected chi connectivity index (χ4v) is 8.16. The van der Waals surface area contributed by atoms with Gasteiger partial charge in [0.25, 0.3) is 0 Å². The second kappa shape index (κ2) is 26.1. The maximum Gasteiger partial charge on any atom is 0.214 e. The van der Waals surface area contributed by atoms with Crippen molar-refractivity contribution in [3.05, 3.63) is 98.1 Å². The number of rotatable bonds is 29. The fourth-order valence-electron chi connectivity index (χ4n) is 8.16. The normalized spacial score (nSPS) is 13.3. The molecule has 0 amide bonds. The molecule has 0 fully saturated rings. The molecule has 1 aliphatic heterocycles. The molecule has 0 unspecified atom stereocenters. The summed E-state index contributed by atoms with van der Waals surface area (Å²) in [5, 5.41) is 0. The summed E-state index contributed by atoms with van der Waals surface area (Å²) in [5.41, 5.74) is 27.1. The molecule has 0 spiro atoms. The van der Waals surface area contributed by atoms with Crippen LogP contribution in [0.5, 0.6) is 0 Å². The highest BCUT2D eigenvalue weighted by molar-refractivity contribution is 5.81. The summed E-state index contributed by atoms with van der Waals surface area (Å²) < 4.78 is 1.58. The Bertz CT molecular complexity index is 1410. The van der Waals surface area contributed by atoms with Crippen LogP contribution in [0.3, 0.4) is 0 Å². The van der Waals surface area contributed by atoms with Crippen molar-refractivity contribution < 1.29 is 4.70 Å². The molecule has 1 aliphatic rings. The lowest BCUT2D eigenvalue weighted by Gasteiger charge is -2.20. The molecule has 0 bridgehead atoms. The van der Waals surface area contributed by atoms with Gasteiger partial charge in [-0.3, -0.25) is 0 Å². The Kier molecular flexibility index (Phi) is 22.0. The molecule has 0 saturated heterocycles. The van der Waals surface area contributed by atoms with Gasteiger partial charge in [0.2, 0.25) is 11.4 Å². The largest absolute Gasteiger partial charge is 0.493 e. The minimum absolute atomic E-state index is 0.938. The quantitative estimate of drug-likeness (QED) is 0.0591. The third kappa shape index (κ3) is 14.1. The first-order valence-electron chi connectivity index (χ1n) is 22.9. The zero-order chi connectivity index (χ0) is 38.3. The zero-order valence-electron chi connectivity index (χ0n) is 35.8. The van der Waals surface area contributed by atoms with Crippen LogP contribution < -0.4 is 0 Å². The third-order valence-electron chi connectivity index (χ3n) is 11.5. The van der Waals surface area contributed by atoms with E-state index in [1.165, 1.54) is 155 Å². The van der Waals surface area contributed by atoms with E-state index >= 15 is 0 Å². The summed E-state index contributed by atoms with van der Waals surface area (Å²) in [4.78, 5) is 0. The highest BCUT2D eigenvalue weighted by atomic mass is 15.2. The molecule has 3 rings (SSSR count). The van der Waals surface area contributed by atoms with Crippen molar-refractivity contribution in [1.29, 1.82) is 0 Å². The van der Waals surface area contributed by atoms with Gasteiger partial charge in [0.1, 0.15) is 0 Å². The van der Waals surface area contributed by atoms with Crippen LogP contribution in [0.4, 0.5) is 0 Å². The van der Waals surface area contributed by atoms with E-state index in [4.69, 9.17) is 0 Å². The third-order valence-corrected chi connectivity index (χ3v) is 11.5. The van der Waals surface area contributed by atoms with E-state index in [0.717, 1.165) is 61.9 Å². The van der Waals surface area contributed by atoms with Crippen molar-refractivity contribution in [3.63, 3.8) is 0 Å². The minimum Gasteiger partial charge on any atom is -0.493 e. The van der Waals surface area contributed by atoms with Gasteiger partial charge in [0.05, 0.1) is 5.57 Å². The molecule has 2 nitrogen and oxygen atoms in total. The van der Waals surface area contributed by atoms with E-state index in [-0.39, 0.29) is 0 Å². The maximum absolute atomic E-state index is 12.4. The summed E-state index contributed by atoms with van der Waals surface area (Å²) in [6.07, 6.45) is 38.7. The molecule has 0 aliphatic carbocycles. The van der Waals surface area contributed by atoms with Crippen LogP contribution in [-0.2, 0) is 38.5 Å². The monoisotopic (exact) mass is 721 g/mol. The predicted molar refractivity (Wildman–Crippen MR) is 235 cm³/mol. The highest BCUT2D eigenvalue weighted by Crippen LogP contribution is 2.39. The van der Waals surface area contributed by atoms with Crippen LogP contribution >= 0.6 is 0 Å². The summed E-state index contributed by atoms with van der Waals surface area (Å²) in [5.74, 6) is 0. The summed E-state index contributed by atoms with van der Waals surface area (Å²) in [6.45, 7) is 16.2. The fraction of sp³-hybridized carbons (Fsp3) is 0.647. The predicted octanol–water partition coefficient (Wildman–Crippen LogP) is 16.2. The molecule has 2 aromatic rings. The second-order valence-corrected chi connectivity index (χ2v) is 16.1. The topological polar surface area (TPSA) is 25.3 Å². The van der Waals surface area contributed by atoms with Crippen LogP contribution in [0.25, 0.3) is 16.9 Å². The first-order chi connectivity index (χ1) is 26.0. The number of unbranched alkanes of at least 4 members (excludes halogenated alkanes) is 13. The average Bonchev–Trinajstić information content (AvgIpc) is 3.50. The number of benzene rings is 2. The van der Waals surface area contributed by atoms with Gasteiger partial charge in [-0.1, -0.05) is 138 Å². The Morgan fingerprint density at radius 1 is 0.453 bits per heavy atom. The van der Waals surface area contributed by atoms with Crippen molar-refractivity contribution in [2.45, 2.75) is 215 Å². The number of hydrogen-bond acceptors (Lipinski definition) is 0. The second-order valence-electron chi connectivity index (χ2n) is 16.1. The highest BCUT2D eigenvalue weighted by Gasteiger charge is 2.30. The van der Waals surface area contributed by atoms with Crippen LogP contribution in [0.15, 0.2) is 48.1 Å². The van der Waals surface area contributed by atoms with Crippen molar-refractivity contribution in [1.82, 2.24) is 0 Å². The lowest BCUT2D eigenvalue weighted by atomic mass is 9.88. The zero-order valence-corrected chi connectivity index (χ0v) is 35.8. The van der Waals surface area contributed by atoms with E-state index in [0.29, 0.717) is 0 Å². The average molecular weight is 721 g/mol. The summed E-state index contributed by atoms with van der Waals surface area (Å²) >= 11 is 0. The number of aryl methyl sites for hydroxylation is 4. The molecule has 0 radical (unpaired) electrons. The lowest BCUT2D eigenvalue weighted by molar-refractivity contribution is -0.344. The van der Waals surface area contributed by atoms with Gasteiger partial charge in [-0.05, 0) is 148 Å². The minimum atomic E-state index is 0.938.